The fourth-order valence-corrected chi connectivity index (χ4v) is 4.46. The van der Waals surface area contributed by atoms with Gasteiger partial charge in [-0.15, -0.1) is 0 Å². The zero-order valence-electron chi connectivity index (χ0n) is 16.8. The standard InChI is InChI=1S/C21H34ClIOSi/c1-8-20(24-25(6,7)21(3,4)5)18-11-9-10-17(14-18)12-16(2)13-19(22)15-23/h9-11,13-14,16,20H,8,12,15H2,1-7H3/b19-13-/t16-,20-/m0/s1. The Balaban J connectivity index is 2.94. The van der Waals surface area contributed by atoms with Crippen molar-refractivity contribution in [1.29, 1.82) is 0 Å². The molecule has 1 nitrogen and oxygen atoms in total. The number of halogens is 2. The van der Waals surface area contributed by atoms with Gasteiger partial charge in [-0.1, -0.05) is 99.2 Å². The fourth-order valence-electron chi connectivity index (χ4n) is 2.62. The van der Waals surface area contributed by atoms with Gasteiger partial charge in [-0.3, -0.25) is 0 Å². The van der Waals surface area contributed by atoms with Crippen molar-refractivity contribution in [2.75, 3.05) is 4.43 Å². The topological polar surface area (TPSA) is 9.23 Å². The van der Waals surface area contributed by atoms with Gasteiger partial charge in [-0.25, -0.2) is 0 Å². The monoisotopic (exact) mass is 492 g/mol. The van der Waals surface area contributed by atoms with Crippen LogP contribution in [0.1, 0.15) is 58.3 Å². The van der Waals surface area contributed by atoms with E-state index in [0.29, 0.717) is 5.92 Å². The minimum Gasteiger partial charge on any atom is -0.410 e. The molecule has 0 aliphatic rings. The van der Waals surface area contributed by atoms with Crippen molar-refractivity contribution >= 4 is 42.5 Å². The summed E-state index contributed by atoms with van der Waals surface area (Å²) in [5.74, 6) is 0.443. The summed E-state index contributed by atoms with van der Waals surface area (Å²) in [4.78, 5) is 0. The first kappa shape index (κ1) is 23.2. The summed E-state index contributed by atoms with van der Waals surface area (Å²) in [6.45, 7) is 16.0. The molecular formula is C21H34ClIOSi. The Kier molecular flexibility index (Phi) is 9.19. The summed E-state index contributed by atoms with van der Waals surface area (Å²) < 4.78 is 7.56. The molecular weight excluding hydrogens is 459 g/mol. The number of rotatable bonds is 8. The van der Waals surface area contributed by atoms with Gasteiger partial charge in [-0.2, -0.15) is 0 Å². The maximum Gasteiger partial charge on any atom is 0.192 e. The number of alkyl halides is 1. The molecule has 0 aliphatic heterocycles. The second-order valence-corrected chi connectivity index (χ2v) is 14.5. The van der Waals surface area contributed by atoms with E-state index in [2.05, 4.69) is 101 Å². The summed E-state index contributed by atoms with van der Waals surface area (Å²) in [7, 11) is -1.78. The van der Waals surface area contributed by atoms with Crippen molar-refractivity contribution in [3.63, 3.8) is 0 Å². The van der Waals surface area contributed by atoms with E-state index in [1.54, 1.807) is 0 Å². The van der Waals surface area contributed by atoms with Crippen LogP contribution in [-0.4, -0.2) is 12.7 Å². The van der Waals surface area contributed by atoms with Crippen molar-refractivity contribution in [1.82, 2.24) is 0 Å². The first-order chi connectivity index (χ1) is 11.5. The molecule has 0 saturated carbocycles. The third-order valence-electron chi connectivity index (χ3n) is 5.09. The number of allylic oxidation sites excluding steroid dienone is 2. The molecule has 0 bridgehead atoms. The average Bonchev–Trinajstić information content (AvgIpc) is 2.51. The lowest BCUT2D eigenvalue weighted by Gasteiger charge is -2.39. The molecule has 2 atom stereocenters. The molecule has 0 spiro atoms. The molecule has 142 valence electrons. The molecule has 0 saturated heterocycles. The van der Waals surface area contributed by atoms with Gasteiger partial charge in [-0.05, 0) is 48.0 Å². The molecule has 0 radical (unpaired) electrons. The van der Waals surface area contributed by atoms with Crippen molar-refractivity contribution < 1.29 is 4.43 Å². The zero-order chi connectivity index (χ0) is 19.3. The van der Waals surface area contributed by atoms with Gasteiger partial charge in [0, 0.05) is 9.46 Å². The van der Waals surface area contributed by atoms with E-state index < -0.39 is 8.32 Å². The minimum absolute atomic E-state index is 0.185. The van der Waals surface area contributed by atoms with Gasteiger partial charge in [0.2, 0.25) is 0 Å². The quantitative estimate of drug-likeness (QED) is 0.203. The lowest BCUT2D eigenvalue weighted by Crippen LogP contribution is -2.41. The van der Waals surface area contributed by atoms with Gasteiger partial charge < -0.3 is 4.43 Å². The van der Waals surface area contributed by atoms with Crippen LogP contribution >= 0.6 is 34.2 Å². The number of hydrogen-bond acceptors (Lipinski definition) is 1. The van der Waals surface area contributed by atoms with Crippen molar-refractivity contribution in [2.24, 2.45) is 5.92 Å². The highest BCUT2D eigenvalue weighted by Gasteiger charge is 2.39. The van der Waals surface area contributed by atoms with Gasteiger partial charge in [0.15, 0.2) is 8.32 Å². The van der Waals surface area contributed by atoms with E-state index in [1.165, 1.54) is 11.1 Å². The van der Waals surface area contributed by atoms with E-state index in [0.717, 1.165) is 22.3 Å². The van der Waals surface area contributed by atoms with Gasteiger partial charge in [0.25, 0.3) is 0 Å². The van der Waals surface area contributed by atoms with Crippen LogP contribution in [0.25, 0.3) is 0 Å². The van der Waals surface area contributed by atoms with Crippen molar-refractivity contribution in [3.05, 3.63) is 46.5 Å². The van der Waals surface area contributed by atoms with Crippen LogP contribution in [0.15, 0.2) is 35.4 Å². The molecule has 0 heterocycles. The fraction of sp³-hybridized carbons (Fsp3) is 0.619. The number of hydrogen-bond donors (Lipinski definition) is 0. The Hall–Kier alpha value is 0.157. The zero-order valence-corrected chi connectivity index (χ0v) is 20.7. The molecule has 0 N–H and O–H groups in total. The van der Waals surface area contributed by atoms with E-state index in [9.17, 15) is 0 Å². The molecule has 1 rings (SSSR count). The Morgan fingerprint density at radius 2 is 1.96 bits per heavy atom. The predicted molar refractivity (Wildman–Crippen MR) is 123 cm³/mol. The molecule has 1 aromatic carbocycles. The molecule has 25 heavy (non-hydrogen) atoms. The first-order valence-electron chi connectivity index (χ1n) is 9.19. The van der Waals surface area contributed by atoms with E-state index in [1.807, 2.05) is 0 Å². The molecule has 0 amide bonds. The summed E-state index contributed by atoms with van der Waals surface area (Å²) in [6.07, 6.45) is 4.37. The molecule has 0 aromatic heterocycles. The highest BCUT2D eigenvalue weighted by molar-refractivity contribution is 14.1. The van der Waals surface area contributed by atoms with Crippen molar-refractivity contribution in [2.45, 2.75) is 71.7 Å². The summed E-state index contributed by atoms with van der Waals surface area (Å²) in [5, 5.41) is 1.17. The molecule has 4 heteroatoms. The SMILES string of the molecule is CC[C@H](O[Si](C)(C)C(C)(C)C)c1cccc(C[C@H](C)/C=C(\Cl)CI)c1. The Morgan fingerprint density at radius 1 is 1.32 bits per heavy atom. The van der Waals surface area contributed by atoms with Crippen LogP contribution in [0.2, 0.25) is 18.1 Å². The van der Waals surface area contributed by atoms with Crippen LogP contribution in [0, 0.1) is 5.92 Å². The largest absolute Gasteiger partial charge is 0.410 e. The van der Waals surface area contributed by atoms with Crippen LogP contribution < -0.4 is 0 Å². The van der Waals surface area contributed by atoms with Gasteiger partial charge >= 0.3 is 0 Å². The third kappa shape index (κ3) is 7.35. The Morgan fingerprint density at radius 3 is 2.48 bits per heavy atom. The average molecular weight is 493 g/mol. The lowest BCUT2D eigenvalue weighted by molar-refractivity contribution is 0.179. The van der Waals surface area contributed by atoms with Crippen LogP contribution in [-0.2, 0) is 10.8 Å². The van der Waals surface area contributed by atoms with E-state index in [-0.39, 0.29) is 11.1 Å². The van der Waals surface area contributed by atoms with Gasteiger partial charge in [0.1, 0.15) is 0 Å². The second-order valence-electron chi connectivity index (χ2n) is 8.45. The van der Waals surface area contributed by atoms with E-state index in [4.69, 9.17) is 16.0 Å². The highest BCUT2D eigenvalue weighted by Crippen LogP contribution is 2.40. The highest BCUT2D eigenvalue weighted by atomic mass is 127. The normalized spacial score (nSPS) is 16.0. The third-order valence-corrected chi connectivity index (χ3v) is 11.1. The number of benzene rings is 1. The van der Waals surface area contributed by atoms with Crippen molar-refractivity contribution in [3.8, 4) is 0 Å². The van der Waals surface area contributed by atoms with Gasteiger partial charge in [0.05, 0.1) is 6.10 Å². The minimum atomic E-state index is -1.78. The Bertz CT molecular complexity index is 578. The second kappa shape index (κ2) is 9.91. The smallest absolute Gasteiger partial charge is 0.192 e. The van der Waals surface area contributed by atoms with Crippen LogP contribution in [0.5, 0.6) is 0 Å². The molecule has 1 aromatic rings. The molecule has 0 aliphatic carbocycles. The first-order valence-corrected chi connectivity index (χ1v) is 14.0. The molecule has 0 unspecified atom stereocenters. The summed E-state index contributed by atoms with van der Waals surface area (Å²) in [5.41, 5.74) is 2.66. The Labute approximate surface area is 174 Å². The predicted octanol–water partition coefficient (Wildman–Crippen LogP) is 7.90. The van der Waals surface area contributed by atoms with E-state index >= 15 is 0 Å². The maximum atomic E-state index is 6.68. The maximum absolute atomic E-state index is 6.68. The molecule has 0 fully saturated rings. The summed E-state index contributed by atoms with van der Waals surface area (Å²) >= 11 is 8.49. The lowest BCUT2D eigenvalue weighted by atomic mass is 9.97. The van der Waals surface area contributed by atoms with Crippen LogP contribution in [0.4, 0.5) is 0 Å². The van der Waals surface area contributed by atoms with Crippen LogP contribution in [0.3, 0.4) is 0 Å². The summed E-state index contributed by atoms with van der Waals surface area (Å²) in [6, 6.07) is 8.91.